The molecule has 3 rings (SSSR count). The first-order valence-electron chi connectivity index (χ1n) is 9.09. The summed E-state index contributed by atoms with van der Waals surface area (Å²) >= 11 is 0. The molecule has 0 unspecified atom stereocenters. The lowest BCUT2D eigenvalue weighted by molar-refractivity contribution is -0.137. The fraction of sp³-hybridized carbons (Fsp3) is 0.444. The number of nitrogens with one attached hydrogen (secondary N) is 2. The maximum absolute atomic E-state index is 13.4. The van der Waals surface area contributed by atoms with Crippen LogP contribution in [0.25, 0.3) is 0 Å². The third-order valence-electron chi connectivity index (χ3n) is 4.61. The van der Waals surface area contributed by atoms with Gasteiger partial charge in [0.2, 0.25) is 5.95 Å². The molecule has 1 saturated heterocycles. The van der Waals surface area contributed by atoms with E-state index in [9.17, 15) is 17.7 Å². The van der Waals surface area contributed by atoms with Crippen molar-refractivity contribution < 1.29 is 17.7 Å². The molecule has 1 fully saturated rings. The molecule has 7 nitrogen and oxygen atoms in total. The third kappa shape index (κ3) is 5.68. The Morgan fingerprint density at radius 3 is 2.24 bits per heavy atom. The van der Waals surface area contributed by atoms with Crippen LogP contribution in [0.2, 0.25) is 0 Å². The number of benzene rings is 1. The minimum Gasteiger partial charge on any atom is -0.324 e. The second-order valence-corrected chi connectivity index (χ2v) is 10.6. The van der Waals surface area contributed by atoms with Gasteiger partial charge in [0.25, 0.3) is 0 Å². The molecule has 2 N–H and O–H groups in total. The molecule has 158 valence electrons. The van der Waals surface area contributed by atoms with Crippen LogP contribution in [0.5, 0.6) is 0 Å². The Morgan fingerprint density at radius 1 is 1.07 bits per heavy atom. The average molecular weight is 428 g/mol. The van der Waals surface area contributed by atoms with Crippen molar-refractivity contribution in [1.29, 1.82) is 0 Å². The highest BCUT2D eigenvalue weighted by atomic mass is 31.2. The van der Waals surface area contributed by atoms with Crippen LogP contribution < -0.4 is 16.0 Å². The van der Waals surface area contributed by atoms with Gasteiger partial charge in [0.05, 0.1) is 0 Å². The Balaban J connectivity index is 1.82. The fourth-order valence-corrected chi connectivity index (χ4v) is 3.70. The van der Waals surface area contributed by atoms with Gasteiger partial charge in [0.1, 0.15) is 12.7 Å². The molecule has 2 aromatic rings. The molecule has 0 spiro atoms. The molecule has 0 saturated carbocycles. The second kappa shape index (κ2) is 8.30. The summed E-state index contributed by atoms with van der Waals surface area (Å²) in [5, 5.41) is 5.33. The number of nitrogens with zero attached hydrogens (tertiary/aromatic N) is 4. The lowest BCUT2D eigenvalue weighted by Crippen LogP contribution is -2.47. The van der Waals surface area contributed by atoms with E-state index in [0.717, 1.165) is 19.3 Å². The number of rotatable bonds is 5. The molecule has 11 heteroatoms. The highest BCUT2D eigenvalue weighted by Gasteiger charge is 2.36. The predicted octanol–water partition coefficient (Wildman–Crippen LogP) is 3.06. The Hall–Kier alpha value is -2.16. The molecule has 0 radical (unpaired) electrons. The van der Waals surface area contributed by atoms with Crippen molar-refractivity contribution in [3.8, 4) is 0 Å². The first-order chi connectivity index (χ1) is 13.5. The van der Waals surface area contributed by atoms with Gasteiger partial charge in [-0.3, -0.25) is 0 Å². The van der Waals surface area contributed by atoms with Crippen molar-refractivity contribution in [2.75, 3.05) is 57.3 Å². The standard InChI is InChI=1S/C18H24F3N6OP/c1-26-8-10-27(11-9-26)25-16-15(18(19,20)21)12-22-17(24-16)23-13-4-6-14(7-5-13)29(2,3)28/h4-7,12H,8-11H2,1-3H3,(H2,22,23,24,25). The van der Waals surface area contributed by atoms with Gasteiger partial charge in [-0.1, -0.05) is 0 Å². The Bertz CT molecular complexity index is 891. The third-order valence-corrected chi connectivity index (χ3v) is 6.15. The Morgan fingerprint density at radius 2 is 1.69 bits per heavy atom. The number of hydrogen-bond donors (Lipinski definition) is 2. The van der Waals surface area contributed by atoms with Crippen molar-refractivity contribution in [2.45, 2.75) is 6.18 Å². The summed E-state index contributed by atoms with van der Waals surface area (Å²) in [4.78, 5) is 9.97. The monoisotopic (exact) mass is 428 g/mol. The summed E-state index contributed by atoms with van der Waals surface area (Å²) in [5.74, 6) is -0.249. The Labute approximate surface area is 167 Å². The zero-order valence-electron chi connectivity index (χ0n) is 16.5. The van der Waals surface area contributed by atoms with Crippen LogP contribution in [0.1, 0.15) is 5.56 Å². The number of hydrogen-bond acceptors (Lipinski definition) is 7. The quantitative estimate of drug-likeness (QED) is 0.710. The SMILES string of the molecule is CN1CCN(Nc2nc(Nc3ccc(P(C)(C)=O)cc3)ncc2C(F)(F)F)CC1. The summed E-state index contributed by atoms with van der Waals surface area (Å²) in [7, 11) is -0.417. The van der Waals surface area contributed by atoms with Crippen LogP contribution >= 0.6 is 7.14 Å². The maximum Gasteiger partial charge on any atom is 0.421 e. The second-order valence-electron chi connectivity index (χ2n) is 7.38. The molecule has 0 bridgehead atoms. The molecule has 0 atom stereocenters. The number of aromatic nitrogens is 2. The first-order valence-corrected chi connectivity index (χ1v) is 11.7. The van der Waals surface area contributed by atoms with Crippen LogP contribution in [0.3, 0.4) is 0 Å². The van der Waals surface area contributed by atoms with Gasteiger partial charge < -0.3 is 20.2 Å². The minimum atomic E-state index is -4.57. The van der Waals surface area contributed by atoms with E-state index in [-0.39, 0.29) is 11.8 Å². The van der Waals surface area contributed by atoms with Crippen LogP contribution in [-0.2, 0) is 10.7 Å². The van der Waals surface area contributed by atoms with Crippen LogP contribution in [0.15, 0.2) is 30.5 Å². The normalized spacial score (nSPS) is 16.6. The zero-order valence-corrected chi connectivity index (χ0v) is 17.4. The molecule has 1 aliphatic rings. The van der Waals surface area contributed by atoms with Crippen LogP contribution in [-0.4, -0.2) is 66.4 Å². The van der Waals surface area contributed by atoms with E-state index in [0.29, 0.717) is 24.1 Å². The van der Waals surface area contributed by atoms with Gasteiger partial charge in [-0.05, 0) is 44.6 Å². The summed E-state index contributed by atoms with van der Waals surface area (Å²) < 4.78 is 52.3. The number of alkyl halides is 3. The molecule has 1 aromatic carbocycles. The predicted molar refractivity (Wildman–Crippen MR) is 109 cm³/mol. The van der Waals surface area contributed by atoms with Crippen molar-refractivity contribution in [3.05, 3.63) is 36.0 Å². The van der Waals surface area contributed by atoms with Crippen molar-refractivity contribution >= 4 is 29.9 Å². The van der Waals surface area contributed by atoms with Gasteiger partial charge in [-0.15, -0.1) is 0 Å². The summed E-state index contributed by atoms with van der Waals surface area (Å²) in [5.41, 5.74) is 2.46. The number of hydrazine groups is 1. The summed E-state index contributed by atoms with van der Waals surface area (Å²) in [6.07, 6.45) is -3.80. The zero-order chi connectivity index (χ0) is 21.2. The van der Waals surface area contributed by atoms with Crippen LogP contribution in [0.4, 0.5) is 30.6 Å². The van der Waals surface area contributed by atoms with Gasteiger partial charge in [0, 0.05) is 43.4 Å². The van der Waals surface area contributed by atoms with Gasteiger partial charge in [-0.2, -0.15) is 18.2 Å². The molecular weight excluding hydrogens is 404 g/mol. The van der Waals surface area contributed by atoms with Crippen molar-refractivity contribution in [1.82, 2.24) is 19.9 Å². The molecule has 29 heavy (non-hydrogen) atoms. The van der Waals surface area contributed by atoms with E-state index < -0.39 is 18.9 Å². The molecule has 2 heterocycles. The largest absolute Gasteiger partial charge is 0.421 e. The van der Waals surface area contributed by atoms with E-state index >= 15 is 0 Å². The average Bonchev–Trinajstić information content (AvgIpc) is 2.62. The van der Waals surface area contributed by atoms with Gasteiger partial charge in [-0.25, -0.2) is 9.99 Å². The van der Waals surface area contributed by atoms with E-state index in [1.807, 2.05) is 7.05 Å². The molecule has 1 aliphatic heterocycles. The van der Waals surface area contributed by atoms with Crippen molar-refractivity contribution in [3.63, 3.8) is 0 Å². The van der Waals surface area contributed by atoms with E-state index in [2.05, 4.69) is 25.6 Å². The highest BCUT2D eigenvalue weighted by molar-refractivity contribution is 7.70. The number of anilines is 3. The van der Waals surface area contributed by atoms with Gasteiger partial charge in [0.15, 0.2) is 5.82 Å². The molecule has 1 aromatic heterocycles. The number of halogens is 3. The fourth-order valence-electron chi connectivity index (χ4n) is 2.84. The van der Waals surface area contributed by atoms with Crippen LogP contribution in [0, 0.1) is 0 Å². The summed E-state index contributed by atoms with van der Waals surface area (Å²) in [6.45, 7) is 5.99. The lowest BCUT2D eigenvalue weighted by Gasteiger charge is -2.33. The Kier molecular flexibility index (Phi) is 6.16. The highest BCUT2D eigenvalue weighted by Crippen LogP contribution is 2.36. The molecular formula is C18H24F3N6OP. The van der Waals surface area contributed by atoms with E-state index in [1.54, 1.807) is 42.6 Å². The lowest BCUT2D eigenvalue weighted by atomic mass is 10.3. The van der Waals surface area contributed by atoms with Gasteiger partial charge >= 0.3 is 6.18 Å². The van der Waals surface area contributed by atoms with E-state index in [4.69, 9.17) is 0 Å². The smallest absolute Gasteiger partial charge is 0.324 e. The molecule has 0 aliphatic carbocycles. The maximum atomic E-state index is 13.4. The molecule has 0 amide bonds. The first kappa shape index (κ1) is 21.5. The number of likely N-dealkylation sites (N-methyl/N-ethyl adjacent to an activating group) is 1. The van der Waals surface area contributed by atoms with E-state index in [1.165, 1.54) is 0 Å². The van der Waals surface area contributed by atoms with Crippen molar-refractivity contribution in [2.24, 2.45) is 0 Å². The topological polar surface area (TPSA) is 73.4 Å². The minimum absolute atomic E-state index is 0.0403. The summed E-state index contributed by atoms with van der Waals surface area (Å²) in [6, 6.07) is 6.83. The number of piperazine rings is 1.